The molecule has 0 aromatic carbocycles. The lowest BCUT2D eigenvalue weighted by molar-refractivity contribution is -0.121. The lowest BCUT2D eigenvalue weighted by atomic mass is 9.88. The van der Waals surface area contributed by atoms with Crippen LogP contribution < -0.4 is 10.6 Å². The van der Waals surface area contributed by atoms with Gasteiger partial charge in [0.15, 0.2) is 0 Å². The fourth-order valence-corrected chi connectivity index (χ4v) is 2.47. The number of aliphatic hydroxyl groups excluding tert-OH is 1. The molecule has 0 fully saturated rings. The minimum absolute atomic E-state index is 0.0148. The molecule has 0 aliphatic carbocycles. The predicted octanol–water partition coefficient (Wildman–Crippen LogP) is 1.39. The van der Waals surface area contributed by atoms with Crippen molar-refractivity contribution in [1.82, 2.24) is 10.6 Å². The summed E-state index contributed by atoms with van der Waals surface area (Å²) in [5.74, 6) is -0.551. The smallest absolute Gasteiger partial charge is 0.261 e. The van der Waals surface area contributed by atoms with Crippen molar-refractivity contribution in [3.63, 3.8) is 0 Å². The Morgan fingerprint density at radius 2 is 2.10 bits per heavy atom. The number of thiophene rings is 1. The highest BCUT2D eigenvalue weighted by Crippen LogP contribution is 2.20. The normalized spacial score (nSPS) is 12.8. The van der Waals surface area contributed by atoms with Crippen LogP contribution in [0.15, 0.2) is 17.5 Å². The number of amides is 2. The Hall–Kier alpha value is -1.40. The molecule has 1 aromatic rings. The van der Waals surface area contributed by atoms with Crippen LogP contribution in [0.25, 0.3) is 0 Å². The van der Waals surface area contributed by atoms with Crippen molar-refractivity contribution in [2.75, 3.05) is 13.2 Å². The zero-order chi connectivity index (χ0) is 15.2. The van der Waals surface area contributed by atoms with E-state index < -0.39 is 0 Å². The minimum atomic E-state index is -0.293. The number of hydrogen-bond donors (Lipinski definition) is 3. The highest BCUT2D eigenvalue weighted by atomic mass is 32.1. The average molecular weight is 298 g/mol. The fourth-order valence-electron chi connectivity index (χ4n) is 1.83. The molecule has 20 heavy (non-hydrogen) atoms. The van der Waals surface area contributed by atoms with E-state index in [-0.39, 0.29) is 36.4 Å². The number of rotatable bonds is 6. The number of carbonyl (C=O) groups is 2. The summed E-state index contributed by atoms with van der Waals surface area (Å²) >= 11 is 1.33. The van der Waals surface area contributed by atoms with Gasteiger partial charge in [-0.15, -0.1) is 11.3 Å². The molecule has 0 saturated heterocycles. The van der Waals surface area contributed by atoms with Gasteiger partial charge in [0.2, 0.25) is 5.91 Å². The maximum Gasteiger partial charge on any atom is 0.261 e. The molecule has 0 bridgehead atoms. The van der Waals surface area contributed by atoms with Gasteiger partial charge in [-0.2, -0.15) is 0 Å². The van der Waals surface area contributed by atoms with Gasteiger partial charge in [-0.3, -0.25) is 9.59 Å². The zero-order valence-corrected chi connectivity index (χ0v) is 12.9. The van der Waals surface area contributed by atoms with Gasteiger partial charge in [0, 0.05) is 0 Å². The highest BCUT2D eigenvalue weighted by molar-refractivity contribution is 7.12. The molecule has 0 aliphatic heterocycles. The van der Waals surface area contributed by atoms with Crippen molar-refractivity contribution in [3.05, 3.63) is 22.4 Å². The van der Waals surface area contributed by atoms with Gasteiger partial charge in [-0.1, -0.05) is 26.8 Å². The van der Waals surface area contributed by atoms with Crippen LogP contribution in [0.5, 0.6) is 0 Å². The van der Waals surface area contributed by atoms with Crippen molar-refractivity contribution >= 4 is 23.2 Å². The molecule has 1 unspecified atom stereocenters. The first-order chi connectivity index (χ1) is 9.31. The van der Waals surface area contributed by atoms with Gasteiger partial charge < -0.3 is 15.7 Å². The SMILES string of the molecule is CC(C)(C)CC(CO)NC(=O)CNC(=O)c1cccs1. The van der Waals surface area contributed by atoms with Gasteiger partial charge in [-0.25, -0.2) is 0 Å². The van der Waals surface area contributed by atoms with E-state index in [1.807, 2.05) is 20.8 Å². The molecule has 1 aromatic heterocycles. The molecule has 1 atom stereocenters. The Morgan fingerprint density at radius 3 is 2.60 bits per heavy atom. The third-order valence-electron chi connectivity index (χ3n) is 2.60. The molecule has 2 amide bonds. The molecule has 5 nitrogen and oxygen atoms in total. The summed E-state index contributed by atoms with van der Waals surface area (Å²) in [6.45, 7) is 5.93. The summed E-state index contributed by atoms with van der Waals surface area (Å²) in [7, 11) is 0. The molecule has 1 heterocycles. The summed E-state index contributed by atoms with van der Waals surface area (Å²) in [5.41, 5.74) is 0.0148. The molecule has 0 aliphatic rings. The second-order valence-electron chi connectivity index (χ2n) is 5.87. The van der Waals surface area contributed by atoms with Crippen LogP contribution in [-0.4, -0.2) is 36.1 Å². The van der Waals surface area contributed by atoms with Gasteiger partial charge >= 0.3 is 0 Å². The first kappa shape index (κ1) is 16.7. The van der Waals surface area contributed by atoms with Gasteiger partial charge in [0.1, 0.15) is 0 Å². The quantitative estimate of drug-likeness (QED) is 0.742. The molecule has 6 heteroatoms. The van der Waals surface area contributed by atoms with E-state index in [0.717, 1.165) is 0 Å². The first-order valence-corrected chi connectivity index (χ1v) is 7.42. The van der Waals surface area contributed by atoms with Crippen LogP contribution in [0.1, 0.15) is 36.9 Å². The van der Waals surface area contributed by atoms with Crippen molar-refractivity contribution < 1.29 is 14.7 Å². The maximum absolute atomic E-state index is 11.7. The summed E-state index contributed by atoms with van der Waals surface area (Å²) < 4.78 is 0. The van der Waals surface area contributed by atoms with E-state index in [4.69, 9.17) is 0 Å². The number of hydrogen-bond acceptors (Lipinski definition) is 4. The molecule has 0 radical (unpaired) electrons. The van der Waals surface area contributed by atoms with E-state index in [1.165, 1.54) is 11.3 Å². The summed E-state index contributed by atoms with van der Waals surface area (Å²) in [5, 5.41) is 16.3. The van der Waals surface area contributed by atoms with E-state index in [2.05, 4.69) is 10.6 Å². The van der Waals surface area contributed by atoms with Crippen molar-refractivity contribution in [3.8, 4) is 0 Å². The Labute approximate surface area is 123 Å². The summed E-state index contributed by atoms with van der Waals surface area (Å²) in [6.07, 6.45) is 0.675. The van der Waals surface area contributed by atoms with Gasteiger partial charge in [0.05, 0.1) is 24.1 Å². The zero-order valence-electron chi connectivity index (χ0n) is 12.1. The van der Waals surface area contributed by atoms with Crippen LogP contribution in [0.4, 0.5) is 0 Å². The standard InChI is InChI=1S/C14H22N2O3S/c1-14(2,3)7-10(9-17)16-12(18)8-15-13(19)11-5-4-6-20-11/h4-6,10,17H,7-9H2,1-3H3,(H,15,19)(H,16,18). The van der Waals surface area contributed by atoms with Crippen LogP contribution in [0.2, 0.25) is 0 Å². The number of nitrogens with one attached hydrogen (secondary N) is 2. The van der Waals surface area contributed by atoms with Crippen molar-refractivity contribution in [2.45, 2.75) is 33.2 Å². The molecule has 112 valence electrons. The Bertz CT molecular complexity index is 438. The Morgan fingerprint density at radius 1 is 1.40 bits per heavy atom. The molecule has 0 saturated carbocycles. The van der Waals surface area contributed by atoms with Gasteiger partial charge in [0.25, 0.3) is 5.91 Å². The number of aliphatic hydroxyl groups is 1. The molecular formula is C14H22N2O3S. The second-order valence-corrected chi connectivity index (χ2v) is 6.82. The van der Waals surface area contributed by atoms with E-state index in [9.17, 15) is 14.7 Å². The topological polar surface area (TPSA) is 78.4 Å². The lowest BCUT2D eigenvalue weighted by Crippen LogP contribution is -2.44. The highest BCUT2D eigenvalue weighted by Gasteiger charge is 2.20. The summed E-state index contributed by atoms with van der Waals surface area (Å²) in [6, 6.07) is 3.19. The Balaban J connectivity index is 2.37. The van der Waals surface area contributed by atoms with Crippen LogP contribution in [0, 0.1) is 5.41 Å². The first-order valence-electron chi connectivity index (χ1n) is 6.54. The third kappa shape index (κ3) is 6.16. The van der Waals surface area contributed by atoms with E-state index in [0.29, 0.717) is 11.3 Å². The third-order valence-corrected chi connectivity index (χ3v) is 3.47. The second kappa shape index (κ2) is 7.40. The van der Waals surface area contributed by atoms with Crippen LogP contribution >= 0.6 is 11.3 Å². The van der Waals surface area contributed by atoms with Crippen LogP contribution in [0.3, 0.4) is 0 Å². The average Bonchev–Trinajstić information content (AvgIpc) is 2.87. The fraction of sp³-hybridized carbons (Fsp3) is 0.571. The number of carbonyl (C=O) groups excluding carboxylic acids is 2. The van der Waals surface area contributed by atoms with Gasteiger partial charge in [-0.05, 0) is 23.3 Å². The van der Waals surface area contributed by atoms with Crippen LogP contribution in [-0.2, 0) is 4.79 Å². The maximum atomic E-state index is 11.7. The predicted molar refractivity (Wildman–Crippen MR) is 79.7 cm³/mol. The Kier molecular flexibility index (Phi) is 6.16. The summed E-state index contributed by atoms with van der Waals surface area (Å²) in [4.78, 5) is 24.0. The molecule has 3 N–H and O–H groups in total. The van der Waals surface area contributed by atoms with E-state index in [1.54, 1.807) is 17.5 Å². The molecular weight excluding hydrogens is 276 g/mol. The molecule has 0 spiro atoms. The molecule has 1 rings (SSSR count). The van der Waals surface area contributed by atoms with E-state index >= 15 is 0 Å². The largest absolute Gasteiger partial charge is 0.394 e. The van der Waals surface area contributed by atoms with Crippen molar-refractivity contribution in [2.24, 2.45) is 5.41 Å². The van der Waals surface area contributed by atoms with Crippen molar-refractivity contribution in [1.29, 1.82) is 0 Å². The monoisotopic (exact) mass is 298 g/mol. The lowest BCUT2D eigenvalue weighted by Gasteiger charge is -2.25. The minimum Gasteiger partial charge on any atom is -0.394 e.